The summed E-state index contributed by atoms with van der Waals surface area (Å²) in [6, 6.07) is 31.0. The van der Waals surface area contributed by atoms with Gasteiger partial charge < -0.3 is 9.88 Å². The fourth-order valence-electron chi connectivity index (χ4n) is 4.43. The molecule has 0 saturated heterocycles. The predicted molar refractivity (Wildman–Crippen MR) is 135 cm³/mol. The van der Waals surface area contributed by atoms with Gasteiger partial charge in [-0.25, -0.2) is 4.98 Å². The molecule has 0 aliphatic heterocycles. The molecule has 0 aliphatic rings. The summed E-state index contributed by atoms with van der Waals surface area (Å²) in [5.41, 5.74) is 5.23. The first kappa shape index (κ1) is 21.0. The molecule has 1 N–H and O–H groups in total. The molecule has 0 radical (unpaired) electrons. The van der Waals surface area contributed by atoms with Crippen molar-refractivity contribution in [1.29, 1.82) is 0 Å². The summed E-state index contributed by atoms with van der Waals surface area (Å²) in [5, 5.41) is 5.57. The SMILES string of the molecule is Cc1cccc(C(=O)NCCCc2nc3ccccc3n2Cc2cccc3ccccc23)c1. The van der Waals surface area contributed by atoms with Crippen LogP contribution in [0.3, 0.4) is 0 Å². The standard InChI is InChI=1S/C29H27N3O/c1-21-9-6-12-23(19-21)29(33)30-18-8-17-28-31-26-15-4-5-16-27(26)32(28)20-24-13-7-11-22-10-2-3-14-25(22)24/h2-7,9-16,19H,8,17-18,20H2,1H3,(H,30,33). The van der Waals surface area contributed by atoms with Gasteiger partial charge >= 0.3 is 0 Å². The minimum atomic E-state index is -0.0250. The van der Waals surface area contributed by atoms with Crippen LogP contribution in [-0.4, -0.2) is 22.0 Å². The molecule has 164 valence electrons. The highest BCUT2D eigenvalue weighted by molar-refractivity contribution is 5.94. The summed E-state index contributed by atoms with van der Waals surface area (Å²) < 4.78 is 2.32. The fourth-order valence-corrected chi connectivity index (χ4v) is 4.43. The molecule has 0 saturated carbocycles. The van der Waals surface area contributed by atoms with Gasteiger partial charge in [0.25, 0.3) is 5.91 Å². The summed E-state index contributed by atoms with van der Waals surface area (Å²) in [6.45, 7) is 3.38. The highest BCUT2D eigenvalue weighted by atomic mass is 16.1. The number of hydrogen-bond acceptors (Lipinski definition) is 2. The van der Waals surface area contributed by atoms with Crippen molar-refractivity contribution in [1.82, 2.24) is 14.9 Å². The van der Waals surface area contributed by atoms with Gasteiger partial charge in [-0.3, -0.25) is 4.79 Å². The molecule has 0 atom stereocenters. The number of imidazole rings is 1. The van der Waals surface area contributed by atoms with Crippen LogP contribution in [0, 0.1) is 6.92 Å². The maximum absolute atomic E-state index is 12.4. The van der Waals surface area contributed by atoms with E-state index in [2.05, 4.69) is 70.5 Å². The molecule has 4 aromatic carbocycles. The quantitative estimate of drug-likeness (QED) is 0.324. The van der Waals surface area contributed by atoms with Crippen LogP contribution >= 0.6 is 0 Å². The van der Waals surface area contributed by atoms with Crippen molar-refractivity contribution in [3.05, 3.63) is 114 Å². The van der Waals surface area contributed by atoms with Crippen molar-refractivity contribution in [3.63, 3.8) is 0 Å². The number of amides is 1. The Morgan fingerprint density at radius 2 is 1.70 bits per heavy atom. The molecule has 0 bridgehead atoms. The Hall–Kier alpha value is -3.92. The van der Waals surface area contributed by atoms with Gasteiger partial charge in [0.2, 0.25) is 0 Å². The van der Waals surface area contributed by atoms with Crippen LogP contribution < -0.4 is 5.32 Å². The number of hydrogen-bond donors (Lipinski definition) is 1. The van der Waals surface area contributed by atoms with Crippen LogP contribution in [0.5, 0.6) is 0 Å². The van der Waals surface area contributed by atoms with E-state index in [-0.39, 0.29) is 5.91 Å². The Bertz CT molecular complexity index is 1430. The molecular weight excluding hydrogens is 406 g/mol. The van der Waals surface area contributed by atoms with Crippen molar-refractivity contribution in [2.75, 3.05) is 6.54 Å². The normalized spacial score (nSPS) is 11.2. The second-order valence-electron chi connectivity index (χ2n) is 8.47. The average Bonchev–Trinajstić information content (AvgIpc) is 3.19. The Kier molecular flexibility index (Phi) is 5.90. The molecule has 4 nitrogen and oxygen atoms in total. The number of carbonyl (C=O) groups excluding carboxylic acids is 1. The van der Waals surface area contributed by atoms with Crippen LogP contribution in [-0.2, 0) is 13.0 Å². The number of carbonyl (C=O) groups is 1. The molecule has 0 spiro atoms. The average molecular weight is 434 g/mol. The number of aromatic nitrogens is 2. The highest BCUT2D eigenvalue weighted by Gasteiger charge is 2.12. The third-order valence-corrected chi connectivity index (χ3v) is 6.08. The topological polar surface area (TPSA) is 46.9 Å². The predicted octanol–water partition coefficient (Wildman–Crippen LogP) is 5.91. The lowest BCUT2D eigenvalue weighted by Crippen LogP contribution is -2.25. The number of fused-ring (bicyclic) bond motifs is 2. The molecule has 0 aliphatic carbocycles. The lowest BCUT2D eigenvalue weighted by Gasteiger charge is -2.12. The summed E-state index contributed by atoms with van der Waals surface area (Å²) in [4.78, 5) is 17.4. The van der Waals surface area contributed by atoms with Crippen LogP contribution in [0.25, 0.3) is 21.8 Å². The van der Waals surface area contributed by atoms with Gasteiger partial charge in [-0.1, -0.05) is 72.3 Å². The fraction of sp³-hybridized carbons (Fsp3) is 0.172. The van der Waals surface area contributed by atoms with E-state index in [0.717, 1.165) is 41.8 Å². The minimum Gasteiger partial charge on any atom is -0.352 e. The number of para-hydroxylation sites is 2. The van der Waals surface area contributed by atoms with Crippen LogP contribution in [0.1, 0.15) is 33.7 Å². The largest absolute Gasteiger partial charge is 0.352 e. The first-order chi connectivity index (χ1) is 16.2. The molecule has 4 heteroatoms. The summed E-state index contributed by atoms with van der Waals surface area (Å²) in [7, 11) is 0. The third-order valence-electron chi connectivity index (χ3n) is 6.08. The molecule has 5 aromatic rings. The molecule has 1 aromatic heterocycles. The van der Waals surface area contributed by atoms with Gasteiger partial charge in [0.1, 0.15) is 5.82 Å². The third kappa shape index (κ3) is 4.51. The Balaban J connectivity index is 1.34. The Morgan fingerprint density at radius 3 is 2.61 bits per heavy atom. The Labute approximate surface area is 193 Å². The van der Waals surface area contributed by atoms with Gasteiger partial charge in [0.05, 0.1) is 11.0 Å². The lowest BCUT2D eigenvalue weighted by atomic mass is 10.0. The van der Waals surface area contributed by atoms with E-state index in [0.29, 0.717) is 12.1 Å². The van der Waals surface area contributed by atoms with E-state index >= 15 is 0 Å². The highest BCUT2D eigenvalue weighted by Crippen LogP contribution is 2.23. The minimum absolute atomic E-state index is 0.0250. The maximum Gasteiger partial charge on any atom is 0.251 e. The van der Waals surface area contributed by atoms with Crippen molar-refractivity contribution >= 4 is 27.7 Å². The zero-order valence-corrected chi connectivity index (χ0v) is 18.8. The zero-order valence-electron chi connectivity index (χ0n) is 18.8. The van der Waals surface area contributed by atoms with Crippen molar-refractivity contribution in [3.8, 4) is 0 Å². The first-order valence-corrected chi connectivity index (χ1v) is 11.4. The number of nitrogens with one attached hydrogen (secondary N) is 1. The van der Waals surface area contributed by atoms with E-state index < -0.39 is 0 Å². The van der Waals surface area contributed by atoms with Crippen molar-refractivity contribution < 1.29 is 4.79 Å². The summed E-state index contributed by atoms with van der Waals surface area (Å²) in [6.07, 6.45) is 1.63. The van der Waals surface area contributed by atoms with Crippen molar-refractivity contribution in [2.45, 2.75) is 26.3 Å². The lowest BCUT2D eigenvalue weighted by molar-refractivity contribution is 0.0953. The molecule has 1 amide bonds. The van der Waals surface area contributed by atoms with E-state index in [1.165, 1.54) is 16.3 Å². The van der Waals surface area contributed by atoms with E-state index in [9.17, 15) is 4.79 Å². The van der Waals surface area contributed by atoms with Crippen molar-refractivity contribution in [2.24, 2.45) is 0 Å². The molecule has 0 fully saturated rings. The molecule has 0 unspecified atom stereocenters. The van der Waals surface area contributed by atoms with Gasteiger partial charge in [0, 0.05) is 25.1 Å². The monoisotopic (exact) mass is 433 g/mol. The number of rotatable bonds is 7. The zero-order chi connectivity index (χ0) is 22.6. The Morgan fingerprint density at radius 1 is 0.909 bits per heavy atom. The van der Waals surface area contributed by atoms with Gasteiger partial charge in [-0.15, -0.1) is 0 Å². The molecular formula is C29H27N3O. The molecule has 5 rings (SSSR count). The van der Waals surface area contributed by atoms with E-state index in [1.807, 2.05) is 37.3 Å². The van der Waals surface area contributed by atoms with Gasteiger partial charge in [0.15, 0.2) is 0 Å². The van der Waals surface area contributed by atoms with E-state index in [4.69, 9.17) is 4.98 Å². The first-order valence-electron chi connectivity index (χ1n) is 11.4. The van der Waals surface area contributed by atoms with E-state index in [1.54, 1.807) is 0 Å². The second kappa shape index (κ2) is 9.29. The number of nitrogens with zero attached hydrogens (tertiary/aromatic N) is 2. The second-order valence-corrected chi connectivity index (χ2v) is 8.47. The van der Waals surface area contributed by atoms with Gasteiger partial charge in [-0.05, 0) is 53.9 Å². The maximum atomic E-state index is 12.4. The van der Waals surface area contributed by atoms with Crippen LogP contribution in [0.2, 0.25) is 0 Å². The summed E-state index contributed by atoms with van der Waals surface area (Å²) >= 11 is 0. The number of benzene rings is 4. The smallest absolute Gasteiger partial charge is 0.251 e. The van der Waals surface area contributed by atoms with Crippen LogP contribution in [0.4, 0.5) is 0 Å². The number of aryl methyl sites for hydroxylation is 2. The summed E-state index contributed by atoms with van der Waals surface area (Å²) in [5.74, 6) is 1.02. The van der Waals surface area contributed by atoms with Gasteiger partial charge in [-0.2, -0.15) is 0 Å². The van der Waals surface area contributed by atoms with Crippen LogP contribution in [0.15, 0.2) is 91.0 Å². The molecule has 1 heterocycles. The molecule has 33 heavy (non-hydrogen) atoms.